The summed E-state index contributed by atoms with van der Waals surface area (Å²) in [7, 11) is 4.85. The van der Waals surface area contributed by atoms with Gasteiger partial charge in [-0.1, -0.05) is 21.6 Å². The van der Waals surface area contributed by atoms with Crippen LogP contribution >= 0.6 is 21.6 Å². The van der Waals surface area contributed by atoms with Crippen LogP contribution in [0.1, 0.15) is 13.8 Å². The molecule has 0 aliphatic heterocycles. The van der Waals surface area contributed by atoms with E-state index in [0.29, 0.717) is 11.5 Å². The molecule has 0 amide bonds. The van der Waals surface area contributed by atoms with Crippen molar-refractivity contribution in [1.29, 1.82) is 0 Å². The maximum atomic E-state index is 11.0. The molecule has 3 N–H and O–H groups in total. The molecular weight excluding hydrogens is 232 g/mol. The Morgan fingerprint density at radius 3 is 2.13 bits per heavy atom. The Morgan fingerprint density at radius 2 is 1.73 bits per heavy atom. The molecule has 0 aromatic rings. The minimum absolute atomic E-state index is 0.000153. The number of Topliss-reactive ketones (excluding diaryl/α,β-unsaturated/α-hetero) is 2. The molecule has 0 bridgehead atoms. The van der Waals surface area contributed by atoms with Gasteiger partial charge in [0.15, 0.2) is 0 Å². The van der Waals surface area contributed by atoms with Crippen molar-refractivity contribution < 1.29 is 9.59 Å². The molecule has 15 heavy (non-hydrogen) atoms. The van der Waals surface area contributed by atoms with E-state index < -0.39 is 6.04 Å². The third kappa shape index (κ3) is 6.94. The van der Waals surface area contributed by atoms with E-state index in [1.54, 1.807) is 24.8 Å². The van der Waals surface area contributed by atoms with Gasteiger partial charge in [0.2, 0.25) is 0 Å². The summed E-state index contributed by atoms with van der Waals surface area (Å²) in [5, 5.41) is 2.93. The highest BCUT2D eigenvalue weighted by molar-refractivity contribution is 8.76. The van der Waals surface area contributed by atoms with Gasteiger partial charge in [-0.05, 0) is 20.9 Å². The lowest BCUT2D eigenvalue weighted by molar-refractivity contribution is -0.118. The Kier molecular flexibility index (Phi) is 8.13. The predicted molar refractivity (Wildman–Crippen MR) is 67.1 cm³/mol. The normalized spacial score (nSPS) is 14.7. The summed E-state index contributed by atoms with van der Waals surface area (Å²) in [5.74, 6) is 1.41. The lowest BCUT2D eigenvalue weighted by Crippen LogP contribution is -2.34. The molecule has 0 aliphatic rings. The first kappa shape index (κ1) is 15.0. The fourth-order valence-corrected chi connectivity index (χ4v) is 3.30. The van der Waals surface area contributed by atoms with Crippen molar-refractivity contribution in [2.45, 2.75) is 25.9 Å². The van der Waals surface area contributed by atoms with Crippen molar-refractivity contribution in [1.82, 2.24) is 5.32 Å². The molecule has 0 rings (SSSR count). The highest BCUT2D eigenvalue weighted by atomic mass is 33.1. The standard InChI is InChI=1S/C9H18N2O2S2/c1-6(12)8(10)4-14-15-5-9(11-3)7(2)13/h8-9,11H,4-5,10H2,1-3H3/t8-,9-/m0/s1. The number of rotatable bonds is 8. The zero-order chi connectivity index (χ0) is 11.8. The van der Waals surface area contributed by atoms with E-state index in [1.807, 2.05) is 0 Å². The van der Waals surface area contributed by atoms with Gasteiger partial charge in [-0.25, -0.2) is 0 Å². The maximum absolute atomic E-state index is 11.0. The average Bonchev–Trinajstić information content (AvgIpc) is 2.16. The van der Waals surface area contributed by atoms with Crippen molar-refractivity contribution in [3.05, 3.63) is 0 Å². The van der Waals surface area contributed by atoms with Gasteiger partial charge in [0, 0.05) is 11.5 Å². The number of likely N-dealkylation sites (N-methyl/N-ethyl adjacent to an activating group) is 1. The van der Waals surface area contributed by atoms with Crippen LogP contribution in [0.4, 0.5) is 0 Å². The summed E-state index contributed by atoms with van der Waals surface area (Å²) in [6, 6.07) is -0.510. The molecule has 0 spiro atoms. The van der Waals surface area contributed by atoms with Crippen LogP contribution in [0.15, 0.2) is 0 Å². The van der Waals surface area contributed by atoms with Crippen molar-refractivity contribution in [2.24, 2.45) is 5.73 Å². The second kappa shape index (κ2) is 8.15. The van der Waals surface area contributed by atoms with Crippen molar-refractivity contribution >= 4 is 33.2 Å². The van der Waals surface area contributed by atoms with Crippen molar-refractivity contribution in [3.8, 4) is 0 Å². The van der Waals surface area contributed by atoms with Gasteiger partial charge in [0.25, 0.3) is 0 Å². The minimum Gasteiger partial charge on any atom is -0.321 e. The Balaban J connectivity index is 3.61. The molecule has 0 aromatic heterocycles. The minimum atomic E-state index is -0.395. The maximum Gasteiger partial charge on any atom is 0.147 e. The third-order valence-corrected chi connectivity index (χ3v) is 4.37. The smallest absolute Gasteiger partial charge is 0.147 e. The van der Waals surface area contributed by atoms with Gasteiger partial charge >= 0.3 is 0 Å². The zero-order valence-electron chi connectivity index (χ0n) is 9.28. The first-order valence-corrected chi connectivity index (χ1v) is 7.16. The van der Waals surface area contributed by atoms with Crippen LogP contribution in [0.5, 0.6) is 0 Å². The second-order valence-electron chi connectivity index (χ2n) is 3.24. The van der Waals surface area contributed by atoms with E-state index in [2.05, 4.69) is 5.32 Å². The third-order valence-electron chi connectivity index (χ3n) is 1.93. The molecular formula is C9H18N2O2S2. The summed E-state index contributed by atoms with van der Waals surface area (Å²) in [4.78, 5) is 21.9. The largest absolute Gasteiger partial charge is 0.321 e. The van der Waals surface area contributed by atoms with Gasteiger partial charge < -0.3 is 11.1 Å². The van der Waals surface area contributed by atoms with E-state index in [9.17, 15) is 9.59 Å². The fraction of sp³-hybridized carbons (Fsp3) is 0.778. The van der Waals surface area contributed by atoms with E-state index in [1.165, 1.54) is 17.7 Å². The summed E-state index contributed by atoms with van der Waals surface area (Å²) < 4.78 is 0. The molecule has 0 radical (unpaired) electrons. The molecule has 0 aliphatic carbocycles. The quantitative estimate of drug-likeness (QED) is 0.482. The van der Waals surface area contributed by atoms with Crippen LogP contribution < -0.4 is 11.1 Å². The molecule has 0 aromatic carbocycles. The monoisotopic (exact) mass is 250 g/mol. The number of carbonyl (C=O) groups is 2. The van der Waals surface area contributed by atoms with E-state index in [-0.39, 0.29) is 17.6 Å². The van der Waals surface area contributed by atoms with E-state index >= 15 is 0 Å². The topological polar surface area (TPSA) is 72.2 Å². The molecule has 0 fully saturated rings. The first-order chi connectivity index (χ1) is 6.99. The van der Waals surface area contributed by atoms with Crippen molar-refractivity contribution in [3.63, 3.8) is 0 Å². The van der Waals surface area contributed by atoms with Crippen molar-refractivity contribution in [2.75, 3.05) is 18.6 Å². The van der Waals surface area contributed by atoms with Gasteiger partial charge in [-0.3, -0.25) is 9.59 Å². The lowest BCUT2D eigenvalue weighted by Gasteiger charge is -2.12. The fourth-order valence-electron chi connectivity index (χ4n) is 0.759. The van der Waals surface area contributed by atoms with E-state index in [4.69, 9.17) is 5.73 Å². The highest BCUT2D eigenvalue weighted by Gasteiger charge is 2.12. The number of carbonyl (C=O) groups excluding carboxylic acids is 2. The molecule has 88 valence electrons. The number of ketones is 2. The Morgan fingerprint density at radius 1 is 1.20 bits per heavy atom. The molecule has 0 saturated carbocycles. The number of hydrogen-bond acceptors (Lipinski definition) is 6. The molecule has 0 saturated heterocycles. The summed E-state index contributed by atoms with van der Waals surface area (Å²) in [5.41, 5.74) is 5.56. The predicted octanol–water partition coefficient (Wildman–Crippen LogP) is 0.461. The average molecular weight is 250 g/mol. The van der Waals surface area contributed by atoms with Crippen LogP contribution in [-0.4, -0.2) is 42.2 Å². The summed E-state index contributed by atoms with van der Waals surface area (Å²) >= 11 is 0. The SMILES string of the molecule is CN[C@@H](CSSC[C@H](N)C(C)=O)C(C)=O. The number of nitrogens with one attached hydrogen (secondary N) is 1. The molecule has 0 unspecified atom stereocenters. The second-order valence-corrected chi connectivity index (χ2v) is 5.79. The summed E-state index contributed by atoms with van der Waals surface area (Å²) in [6.07, 6.45) is 0. The zero-order valence-corrected chi connectivity index (χ0v) is 10.9. The van der Waals surface area contributed by atoms with Gasteiger partial charge in [-0.2, -0.15) is 0 Å². The lowest BCUT2D eigenvalue weighted by atomic mass is 10.2. The molecule has 2 atom stereocenters. The molecule has 6 heteroatoms. The van der Waals surface area contributed by atoms with Gasteiger partial charge in [0.1, 0.15) is 11.6 Å². The number of nitrogens with two attached hydrogens (primary N) is 1. The van der Waals surface area contributed by atoms with E-state index in [0.717, 1.165) is 0 Å². The van der Waals surface area contributed by atoms with Crippen LogP contribution in [0.3, 0.4) is 0 Å². The highest BCUT2D eigenvalue weighted by Crippen LogP contribution is 2.22. The van der Waals surface area contributed by atoms with Gasteiger partial charge in [-0.15, -0.1) is 0 Å². The Bertz CT molecular complexity index is 224. The Hall–Kier alpha value is -0.0400. The summed E-state index contributed by atoms with van der Waals surface area (Å²) in [6.45, 7) is 3.05. The first-order valence-electron chi connectivity index (χ1n) is 4.67. The Labute approximate surface area is 98.5 Å². The van der Waals surface area contributed by atoms with Crippen LogP contribution in [0.25, 0.3) is 0 Å². The number of hydrogen-bond donors (Lipinski definition) is 2. The van der Waals surface area contributed by atoms with Crippen LogP contribution in [-0.2, 0) is 9.59 Å². The van der Waals surface area contributed by atoms with Crippen LogP contribution in [0.2, 0.25) is 0 Å². The molecule has 0 heterocycles. The molecule has 4 nitrogen and oxygen atoms in total. The van der Waals surface area contributed by atoms with Gasteiger partial charge in [0.05, 0.1) is 12.1 Å². The van der Waals surface area contributed by atoms with Crippen LogP contribution in [0, 0.1) is 0 Å².